The molecule has 0 radical (unpaired) electrons. The lowest BCUT2D eigenvalue weighted by Crippen LogP contribution is -2.22. The molecule has 0 spiro atoms. The summed E-state index contributed by atoms with van der Waals surface area (Å²) >= 11 is 0. The van der Waals surface area contributed by atoms with Crippen LogP contribution in [0.25, 0.3) is 0 Å². The van der Waals surface area contributed by atoms with Gasteiger partial charge < -0.3 is 4.74 Å². The molecule has 108 valence electrons. The van der Waals surface area contributed by atoms with Gasteiger partial charge in [-0.1, -0.05) is 29.8 Å². The van der Waals surface area contributed by atoms with Crippen molar-refractivity contribution in [2.45, 2.75) is 17.9 Å². The van der Waals surface area contributed by atoms with Gasteiger partial charge in [0.25, 0.3) is 0 Å². The molecule has 0 saturated heterocycles. The largest absolute Gasteiger partial charge is 0.497 e. The summed E-state index contributed by atoms with van der Waals surface area (Å²) in [4.78, 5) is 0.648. The summed E-state index contributed by atoms with van der Waals surface area (Å²) in [5, 5.41) is 9.27. The molecule has 0 aromatic heterocycles. The summed E-state index contributed by atoms with van der Waals surface area (Å²) in [6, 6.07) is 16.0. The molecule has 0 saturated carbocycles. The first-order valence-corrected chi connectivity index (χ1v) is 7.57. The van der Waals surface area contributed by atoms with Crippen molar-refractivity contribution in [2.75, 3.05) is 7.11 Å². The van der Waals surface area contributed by atoms with Crippen LogP contribution < -0.4 is 9.46 Å². The molecular formula is C16H16N2O2S. The van der Waals surface area contributed by atoms with Crippen LogP contribution in [0, 0.1) is 18.3 Å². The van der Waals surface area contributed by atoms with E-state index in [1.807, 2.05) is 19.1 Å². The van der Waals surface area contributed by atoms with Gasteiger partial charge in [-0.05, 0) is 36.8 Å². The molecule has 2 atom stereocenters. The highest BCUT2D eigenvalue weighted by Crippen LogP contribution is 2.18. The molecule has 1 N–H and O–H groups in total. The topological polar surface area (TPSA) is 62.1 Å². The van der Waals surface area contributed by atoms with Gasteiger partial charge in [0, 0.05) is 0 Å². The number of aryl methyl sites for hydroxylation is 1. The summed E-state index contributed by atoms with van der Waals surface area (Å²) in [6.45, 7) is 1.97. The van der Waals surface area contributed by atoms with Crippen molar-refractivity contribution in [3.05, 3.63) is 59.7 Å². The van der Waals surface area contributed by atoms with Crippen molar-refractivity contribution in [2.24, 2.45) is 0 Å². The lowest BCUT2D eigenvalue weighted by molar-refractivity contribution is 0.414. The van der Waals surface area contributed by atoms with E-state index in [4.69, 9.17) is 4.74 Å². The maximum atomic E-state index is 12.2. The predicted molar refractivity (Wildman–Crippen MR) is 82.1 cm³/mol. The van der Waals surface area contributed by atoms with Crippen LogP contribution in [0.5, 0.6) is 5.75 Å². The molecule has 0 heterocycles. The van der Waals surface area contributed by atoms with Crippen LogP contribution in [0.4, 0.5) is 0 Å². The van der Waals surface area contributed by atoms with Gasteiger partial charge in [-0.25, -0.2) is 8.93 Å². The highest BCUT2D eigenvalue weighted by atomic mass is 32.2. The molecular weight excluding hydrogens is 284 g/mol. The quantitative estimate of drug-likeness (QED) is 0.923. The van der Waals surface area contributed by atoms with Crippen molar-refractivity contribution >= 4 is 11.0 Å². The summed E-state index contributed by atoms with van der Waals surface area (Å²) in [5.74, 6) is 0.718. The van der Waals surface area contributed by atoms with Crippen LogP contribution >= 0.6 is 0 Å². The van der Waals surface area contributed by atoms with E-state index >= 15 is 0 Å². The summed E-state index contributed by atoms with van der Waals surface area (Å²) in [6.07, 6.45) is 0. The maximum Gasteiger partial charge on any atom is 0.132 e. The molecule has 1 unspecified atom stereocenters. The number of nitrogens with one attached hydrogen (secondary N) is 1. The molecule has 5 heteroatoms. The van der Waals surface area contributed by atoms with Gasteiger partial charge in [0.15, 0.2) is 0 Å². The molecule has 0 aliphatic rings. The third kappa shape index (κ3) is 3.91. The fraction of sp³-hybridized carbons (Fsp3) is 0.188. The van der Waals surface area contributed by atoms with Gasteiger partial charge in [-0.2, -0.15) is 5.26 Å². The van der Waals surface area contributed by atoms with Crippen LogP contribution in [0.3, 0.4) is 0 Å². The van der Waals surface area contributed by atoms with Crippen molar-refractivity contribution in [3.8, 4) is 11.8 Å². The van der Waals surface area contributed by atoms with Gasteiger partial charge >= 0.3 is 0 Å². The fourth-order valence-electron chi connectivity index (χ4n) is 1.80. The van der Waals surface area contributed by atoms with Gasteiger partial charge in [0.05, 0.1) is 18.1 Å². The first kappa shape index (κ1) is 15.2. The van der Waals surface area contributed by atoms with Gasteiger partial charge in [-0.3, -0.25) is 0 Å². The Labute approximate surface area is 127 Å². The van der Waals surface area contributed by atoms with Crippen LogP contribution in [0.2, 0.25) is 0 Å². The highest BCUT2D eigenvalue weighted by molar-refractivity contribution is 7.83. The second kappa shape index (κ2) is 7.02. The smallest absolute Gasteiger partial charge is 0.132 e. The Morgan fingerprint density at radius 2 is 1.76 bits per heavy atom. The number of methoxy groups -OCH3 is 1. The number of nitrogens with zero attached hydrogens (tertiary/aromatic N) is 1. The second-order valence-corrected chi connectivity index (χ2v) is 5.78. The molecule has 0 bridgehead atoms. The SMILES string of the molecule is COc1ccc([C@@H](C#N)NS(=O)c2ccc(C)cc2)cc1. The molecule has 0 aliphatic heterocycles. The van der Waals surface area contributed by atoms with E-state index in [9.17, 15) is 9.47 Å². The Morgan fingerprint density at radius 3 is 2.29 bits per heavy atom. The Hall–Kier alpha value is -2.16. The lowest BCUT2D eigenvalue weighted by atomic mass is 10.1. The lowest BCUT2D eigenvalue weighted by Gasteiger charge is -2.12. The number of nitriles is 1. The average molecular weight is 300 g/mol. The monoisotopic (exact) mass is 300 g/mol. The standard InChI is InChI=1S/C16H16N2O2S/c1-12-3-9-15(10-4-12)21(19)18-16(11-17)13-5-7-14(20-2)8-6-13/h3-10,16,18H,1-2H3/t16-,21?/m1/s1. The zero-order chi connectivity index (χ0) is 15.2. The van der Waals surface area contributed by atoms with E-state index in [1.165, 1.54) is 0 Å². The minimum absolute atomic E-state index is 0.641. The number of hydrogen-bond acceptors (Lipinski definition) is 3. The van der Waals surface area contributed by atoms with E-state index in [2.05, 4.69) is 10.8 Å². The Morgan fingerprint density at radius 1 is 1.14 bits per heavy atom. The third-order valence-corrected chi connectivity index (χ3v) is 4.19. The average Bonchev–Trinajstić information content (AvgIpc) is 2.53. The van der Waals surface area contributed by atoms with Crippen LogP contribution in [-0.4, -0.2) is 11.3 Å². The second-order valence-electron chi connectivity index (χ2n) is 4.53. The molecule has 2 rings (SSSR count). The molecule has 4 nitrogen and oxygen atoms in total. The van der Waals surface area contributed by atoms with Crippen molar-refractivity contribution in [3.63, 3.8) is 0 Å². The number of ether oxygens (including phenoxy) is 1. The zero-order valence-corrected chi connectivity index (χ0v) is 12.7. The van der Waals surface area contributed by atoms with Gasteiger partial charge in [0.1, 0.15) is 22.8 Å². The molecule has 2 aromatic rings. The van der Waals surface area contributed by atoms with Crippen molar-refractivity contribution in [1.29, 1.82) is 5.26 Å². The Kier molecular flexibility index (Phi) is 5.09. The van der Waals surface area contributed by atoms with Gasteiger partial charge in [0.2, 0.25) is 0 Å². The van der Waals surface area contributed by atoms with Crippen LogP contribution in [0.15, 0.2) is 53.4 Å². The summed E-state index contributed by atoms with van der Waals surface area (Å²) in [5.41, 5.74) is 1.85. The van der Waals surface area contributed by atoms with Crippen molar-refractivity contribution < 1.29 is 8.95 Å². The first-order valence-electron chi connectivity index (χ1n) is 6.42. The number of rotatable bonds is 5. The molecule has 0 amide bonds. The minimum atomic E-state index is -1.43. The van der Waals surface area contributed by atoms with E-state index < -0.39 is 17.0 Å². The fourth-order valence-corrected chi connectivity index (χ4v) is 2.72. The zero-order valence-electron chi connectivity index (χ0n) is 11.9. The molecule has 0 aliphatic carbocycles. The predicted octanol–water partition coefficient (Wildman–Crippen LogP) is 2.88. The number of hydrogen-bond donors (Lipinski definition) is 1. The molecule has 0 fully saturated rings. The Balaban J connectivity index is 2.13. The van der Waals surface area contributed by atoms with Crippen LogP contribution in [0.1, 0.15) is 17.2 Å². The normalized spacial score (nSPS) is 13.2. The summed E-state index contributed by atoms with van der Waals surface area (Å²) in [7, 11) is 0.152. The van der Waals surface area contributed by atoms with Gasteiger partial charge in [-0.15, -0.1) is 0 Å². The summed E-state index contributed by atoms with van der Waals surface area (Å²) < 4.78 is 20.2. The minimum Gasteiger partial charge on any atom is -0.497 e. The van der Waals surface area contributed by atoms with Crippen molar-refractivity contribution in [1.82, 2.24) is 4.72 Å². The molecule has 21 heavy (non-hydrogen) atoms. The van der Waals surface area contributed by atoms with Crippen LogP contribution in [-0.2, 0) is 11.0 Å². The van der Waals surface area contributed by atoms with E-state index in [1.54, 1.807) is 43.5 Å². The third-order valence-electron chi connectivity index (χ3n) is 3.04. The van der Waals surface area contributed by atoms with E-state index in [0.29, 0.717) is 4.90 Å². The van der Waals surface area contributed by atoms with E-state index in [-0.39, 0.29) is 0 Å². The maximum absolute atomic E-state index is 12.2. The van der Waals surface area contributed by atoms with E-state index in [0.717, 1.165) is 16.9 Å². The highest BCUT2D eigenvalue weighted by Gasteiger charge is 2.14. The number of benzene rings is 2. The Bertz CT molecular complexity index is 660. The molecule has 2 aromatic carbocycles. The first-order chi connectivity index (χ1) is 10.1.